The summed E-state index contributed by atoms with van der Waals surface area (Å²) in [5.74, 6) is 0. The van der Waals surface area contributed by atoms with Crippen molar-refractivity contribution in [3.8, 4) is 0 Å². The van der Waals surface area contributed by atoms with E-state index in [1.165, 1.54) is 19.3 Å². The van der Waals surface area contributed by atoms with E-state index in [4.69, 9.17) is 4.84 Å². The van der Waals surface area contributed by atoms with Crippen LogP contribution in [0.1, 0.15) is 32.1 Å². The lowest BCUT2D eigenvalue weighted by Gasteiger charge is -2.25. The second-order valence-corrected chi connectivity index (χ2v) is 3.03. The molecule has 0 N–H and O–H groups in total. The molecule has 0 amide bonds. The Hall–Kier alpha value is -0.0800. The number of rotatable bonds is 4. The Morgan fingerprint density at radius 2 is 1.91 bits per heavy atom. The quantitative estimate of drug-likeness (QED) is 0.577. The van der Waals surface area contributed by atoms with Gasteiger partial charge in [-0.2, -0.15) is 5.06 Å². The molecule has 0 aromatic rings. The smallest absolute Gasteiger partial charge is 0.0685 e. The van der Waals surface area contributed by atoms with Crippen molar-refractivity contribution in [2.45, 2.75) is 32.1 Å². The molecule has 1 fully saturated rings. The Labute approximate surface area is 69.5 Å². The topological polar surface area (TPSA) is 12.5 Å². The number of hydrogen-bond donors (Lipinski definition) is 0. The van der Waals surface area contributed by atoms with Gasteiger partial charge >= 0.3 is 0 Å². The predicted octanol–water partition coefficient (Wildman–Crippen LogP) is 2.02. The monoisotopic (exact) mass is 156 g/mol. The van der Waals surface area contributed by atoms with Gasteiger partial charge in [-0.25, -0.2) is 0 Å². The van der Waals surface area contributed by atoms with Gasteiger partial charge in [-0.05, 0) is 19.3 Å². The molecule has 1 aliphatic heterocycles. The van der Waals surface area contributed by atoms with E-state index in [9.17, 15) is 0 Å². The van der Waals surface area contributed by atoms with Crippen molar-refractivity contribution >= 4 is 0 Å². The van der Waals surface area contributed by atoms with Gasteiger partial charge in [-0.15, -0.1) is 0 Å². The predicted molar refractivity (Wildman–Crippen MR) is 46.0 cm³/mol. The average Bonchev–Trinajstić information content (AvgIpc) is 2.07. The number of piperidine rings is 1. The Morgan fingerprint density at radius 3 is 2.55 bits per heavy atom. The highest BCUT2D eigenvalue weighted by atomic mass is 16.7. The molecule has 1 saturated heterocycles. The van der Waals surface area contributed by atoms with Crippen LogP contribution in [0.5, 0.6) is 0 Å². The van der Waals surface area contributed by atoms with Gasteiger partial charge < -0.3 is 0 Å². The van der Waals surface area contributed by atoms with Crippen LogP contribution < -0.4 is 0 Å². The summed E-state index contributed by atoms with van der Waals surface area (Å²) in [5.41, 5.74) is 0. The first kappa shape index (κ1) is 9.01. The molecule has 0 aromatic heterocycles. The van der Waals surface area contributed by atoms with Crippen LogP contribution in [-0.4, -0.2) is 24.8 Å². The fourth-order valence-electron chi connectivity index (χ4n) is 1.29. The maximum absolute atomic E-state index is 5.52. The number of hydrogen-bond acceptors (Lipinski definition) is 2. The molecule has 1 heterocycles. The molecular formula is C9H18NO. The van der Waals surface area contributed by atoms with Gasteiger partial charge in [0.25, 0.3) is 0 Å². The fourth-order valence-corrected chi connectivity index (χ4v) is 1.29. The van der Waals surface area contributed by atoms with Crippen LogP contribution in [0.25, 0.3) is 0 Å². The molecule has 65 valence electrons. The molecule has 0 saturated carbocycles. The third-order valence-electron chi connectivity index (χ3n) is 1.98. The molecule has 0 bridgehead atoms. The van der Waals surface area contributed by atoms with E-state index in [-0.39, 0.29) is 0 Å². The van der Waals surface area contributed by atoms with E-state index < -0.39 is 0 Å². The molecule has 1 rings (SSSR count). The van der Waals surface area contributed by atoms with E-state index in [2.05, 4.69) is 12.0 Å². The van der Waals surface area contributed by atoms with Gasteiger partial charge in [-0.1, -0.05) is 19.8 Å². The van der Waals surface area contributed by atoms with Gasteiger partial charge in [-0.3, -0.25) is 4.84 Å². The molecule has 0 unspecified atom stereocenters. The van der Waals surface area contributed by atoms with Gasteiger partial charge in [0, 0.05) is 13.1 Å². The van der Waals surface area contributed by atoms with Crippen molar-refractivity contribution in [3.63, 3.8) is 0 Å². The highest BCUT2D eigenvalue weighted by Gasteiger charge is 2.09. The van der Waals surface area contributed by atoms with Gasteiger partial charge in [0.05, 0.1) is 6.61 Å². The zero-order chi connectivity index (χ0) is 7.94. The van der Waals surface area contributed by atoms with Crippen LogP contribution in [0.4, 0.5) is 0 Å². The number of nitrogens with zero attached hydrogens (tertiary/aromatic N) is 1. The molecule has 0 spiro atoms. The summed E-state index contributed by atoms with van der Waals surface area (Å²) in [4.78, 5) is 5.52. The minimum atomic E-state index is 0.851. The minimum absolute atomic E-state index is 0.851. The lowest BCUT2D eigenvalue weighted by atomic mass is 10.2. The molecule has 0 atom stereocenters. The summed E-state index contributed by atoms with van der Waals surface area (Å²) in [6.07, 6.45) is 6.02. The Balaban J connectivity index is 1.96. The van der Waals surface area contributed by atoms with Crippen LogP contribution in [0.3, 0.4) is 0 Å². The van der Waals surface area contributed by atoms with E-state index in [1.54, 1.807) is 0 Å². The van der Waals surface area contributed by atoms with Crippen LogP contribution in [0, 0.1) is 6.92 Å². The lowest BCUT2D eigenvalue weighted by Crippen LogP contribution is -2.30. The van der Waals surface area contributed by atoms with Crippen molar-refractivity contribution < 1.29 is 4.84 Å². The zero-order valence-corrected chi connectivity index (χ0v) is 7.22. The maximum atomic E-state index is 5.52. The molecule has 1 radical (unpaired) electrons. The fraction of sp³-hybridized carbons (Fsp3) is 0.889. The highest BCUT2D eigenvalue weighted by Crippen LogP contribution is 2.08. The molecule has 11 heavy (non-hydrogen) atoms. The third kappa shape index (κ3) is 3.73. The van der Waals surface area contributed by atoms with Crippen molar-refractivity contribution in [1.29, 1.82) is 0 Å². The maximum Gasteiger partial charge on any atom is 0.0685 e. The van der Waals surface area contributed by atoms with Crippen LogP contribution in [-0.2, 0) is 4.84 Å². The largest absolute Gasteiger partial charge is 0.299 e. The van der Waals surface area contributed by atoms with Gasteiger partial charge in [0.15, 0.2) is 0 Å². The Morgan fingerprint density at radius 1 is 1.18 bits per heavy atom. The second-order valence-electron chi connectivity index (χ2n) is 3.03. The second kappa shape index (κ2) is 5.56. The zero-order valence-electron chi connectivity index (χ0n) is 7.22. The van der Waals surface area contributed by atoms with Gasteiger partial charge in [0.1, 0.15) is 0 Å². The van der Waals surface area contributed by atoms with E-state index >= 15 is 0 Å². The van der Waals surface area contributed by atoms with Crippen molar-refractivity contribution in [2.24, 2.45) is 0 Å². The molecule has 1 aliphatic rings. The summed E-state index contributed by atoms with van der Waals surface area (Å²) < 4.78 is 0. The first-order chi connectivity index (χ1) is 5.43. The number of unbranched alkanes of at least 4 members (excludes halogenated alkanes) is 1. The standard InChI is InChI=1S/C9H18NO/c1-2-3-9-11-10-7-5-4-6-8-10/h1-9H2. The first-order valence-electron chi connectivity index (χ1n) is 4.60. The minimum Gasteiger partial charge on any atom is -0.299 e. The van der Waals surface area contributed by atoms with Crippen molar-refractivity contribution in [3.05, 3.63) is 6.92 Å². The molecule has 0 aromatic carbocycles. The number of hydroxylamine groups is 2. The molecule has 0 aliphatic carbocycles. The van der Waals surface area contributed by atoms with Gasteiger partial charge in [0.2, 0.25) is 0 Å². The summed E-state index contributed by atoms with van der Waals surface area (Å²) in [6, 6.07) is 0. The van der Waals surface area contributed by atoms with Crippen LogP contribution in [0.15, 0.2) is 0 Å². The van der Waals surface area contributed by atoms with E-state index in [0.29, 0.717) is 0 Å². The molecule has 2 heteroatoms. The van der Waals surface area contributed by atoms with E-state index in [1.807, 2.05) is 0 Å². The summed E-state index contributed by atoms with van der Waals surface area (Å²) >= 11 is 0. The Bertz CT molecular complexity index is 89.6. The normalized spacial score (nSPS) is 20.5. The highest BCUT2D eigenvalue weighted by molar-refractivity contribution is 4.56. The van der Waals surface area contributed by atoms with Crippen molar-refractivity contribution in [2.75, 3.05) is 19.7 Å². The molecular weight excluding hydrogens is 138 g/mol. The van der Waals surface area contributed by atoms with Crippen LogP contribution >= 0.6 is 0 Å². The SMILES string of the molecule is [CH2]CCCON1CCCCC1. The summed E-state index contributed by atoms with van der Waals surface area (Å²) in [7, 11) is 0. The van der Waals surface area contributed by atoms with Crippen LogP contribution in [0.2, 0.25) is 0 Å². The third-order valence-corrected chi connectivity index (χ3v) is 1.98. The first-order valence-corrected chi connectivity index (χ1v) is 4.60. The summed E-state index contributed by atoms with van der Waals surface area (Å²) in [6.45, 7) is 6.86. The summed E-state index contributed by atoms with van der Waals surface area (Å²) in [5, 5.41) is 2.10. The average molecular weight is 156 g/mol. The van der Waals surface area contributed by atoms with E-state index in [0.717, 1.165) is 32.5 Å². The Kier molecular flexibility index (Phi) is 4.55. The lowest BCUT2D eigenvalue weighted by molar-refractivity contribution is -0.168. The molecule has 2 nitrogen and oxygen atoms in total. The van der Waals surface area contributed by atoms with Crippen molar-refractivity contribution in [1.82, 2.24) is 5.06 Å².